The molecule has 0 aromatic heterocycles. The molecule has 1 aromatic rings. The fourth-order valence-corrected chi connectivity index (χ4v) is 3.84. The van der Waals surface area contributed by atoms with Gasteiger partial charge in [-0.15, -0.1) is 0 Å². The molecule has 0 fully saturated rings. The summed E-state index contributed by atoms with van der Waals surface area (Å²) in [5, 5.41) is 9.75. The highest BCUT2D eigenvalue weighted by molar-refractivity contribution is 5.77. The number of ether oxygens (including phenoxy) is 4. The molecule has 1 rings (SSSR count). The minimum Gasteiger partial charge on any atom is -0.480 e. The van der Waals surface area contributed by atoms with Crippen LogP contribution in [0.4, 0.5) is 4.79 Å². The fraction of sp³-hybridized carbons (Fsp3) is 0.655. The molecule has 10 heteroatoms. The van der Waals surface area contributed by atoms with Crippen molar-refractivity contribution in [2.24, 2.45) is 17.6 Å². The summed E-state index contributed by atoms with van der Waals surface area (Å²) < 4.78 is 21.5. The van der Waals surface area contributed by atoms with E-state index in [1.807, 2.05) is 27.7 Å². The van der Waals surface area contributed by atoms with E-state index in [9.17, 15) is 24.3 Å². The van der Waals surface area contributed by atoms with Crippen LogP contribution < -0.4 is 15.2 Å². The van der Waals surface area contributed by atoms with Crippen LogP contribution in [0.5, 0.6) is 11.5 Å². The van der Waals surface area contributed by atoms with E-state index in [2.05, 4.69) is 0 Å². The van der Waals surface area contributed by atoms with Crippen molar-refractivity contribution >= 4 is 24.1 Å². The maximum Gasteiger partial charge on any atom is 0.508 e. The van der Waals surface area contributed by atoms with Crippen LogP contribution in [0.2, 0.25) is 0 Å². The average molecular weight is 552 g/mol. The molecule has 10 nitrogen and oxygen atoms in total. The smallest absolute Gasteiger partial charge is 0.480 e. The largest absolute Gasteiger partial charge is 0.508 e. The quantitative estimate of drug-likeness (QED) is 0.185. The zero-order chi connectivity index (χ0) is 29.5. The average Bonchev–Trinajstić information content (AvgIpc) is 2.87. The van der Waals surface area contributed by atoms with Gasteiger partial charge in [-0.3, -0.25) is 14.4 Å². The highest BCUT2D eigenvalue weighted by atomic mass is 16.7. The third kappa shape index (κ3) is 12.1. The third-order valence-corrected chi connectivity index (χ3v) is 6.45. The number of hydrogen-bond acceptors (Lipinski definition) is 9. The summed E-state index contributed by atoms with van der Waals surface area (Å²) >= 11 is 0. The molecule has 220 valence electrons. The van der Waals surface area contributed by atoms with E-state index in [-0.39, 0.29) is 30.9 Å². The van der Waals surface area contributed by atoms with Crippen LogP contribution in [0.15, 0.2) is 18.2 Å². The van der Waals surface area contributed by atoms with Gasteiger partial charge in [0.25, 0.3) is 0 Å². The first-order valence-electron chi connectivity index (χ1n) is 13.8. The van der Waals surface area contributed by atoms with Crippen molar-refractivity contribution in [1.82, 2.24) is 0 Å². The predicted octanol–water partition coefficient (Wildman–Crippen LogP) is 5.60. The number of aliphatic carboxylic acids is 1. The third-order valence-electron chi connectivity index (χ3n) is 6.45. The summed E-state index contributed by atoms with van der Waals surface area (Å²) in [6.07, 6.45) is 2.31. The lowest BCUT2D eigenvalue weighted by Gasteiger charge is -2.31. The van der Waals surface area contributed by atoms with Gasteiger partial charge in [0, 0.05) is 24.7 Å². The van der Waals surface area contributed by atoms with Gasteiger partial charge in [0.05, 0.1) is 6.61 Å². The summed E-state index contributed by atoms with van der Waals surface area (Å²) in [5.41, 5.74) is 6.53. The van der Waals surface area contributed by atoms with Crippen molar-refractivity contribution < 1.29 is 43.2 Å². The first-order chi connectivity index (χ1) is 18.4. The van der Waals surface area contributed by atoms with Crippen LogP contribution in [0, 0.1) is 11.8 Å². The second-order valence-electron chi connectivity index (χ2n) is 10.2. The molecule has 0 aliphatic rings. The molecule has 0 heterocycles. The zero-order valence-electron chi connectivity index (χ0n) is 24.1. The SMILES string of the molecule is CCCCC(=O)Oc1ccc(C(C(C)C(C)OC(=O)OCCC(C)C)[C@H](N)C(=O)O)cc1OC(=O)CCCC. The standard InChI is InChI=1S/C29H45NO9/c1-7-9-11-24(31)38-22-14-13-21(17-23(22)39-25(32)12-10-8-2)26(27(30)28(33)34)19(5)20(6)37-29(35)36-16-15-18(3)4/h13-14,17-20,26-27H,7-12,15-16,30H2,1-6H3,(H,33,34)/t19?,20?,26?,27-/m0/s1. The van der Waals surface area contributed by atoms with Crippen molar-refractivity contribution in [1.29, 1.82) is 0 Å². The maximum atomic E-state index is 12.4. The van der Waals surface area contributed by atoms with Crippen molar-refractivity contribution in [2.75, 3.05) is 6.61 Å². The number of carboxylic acids is 1. The van der Waals surface area contributed by atoms with Crippen LogP contribution in [0.1, 0.15) is 98.0 Å². The Bertz CT molecular complexity index is 947. The number of nitrogens with two attached hydrogens (primary N) is 1. The number of unbranched alkanes of at least 4 members (excludes halogenated alkanes) is 2. The van der Waals surface area contributed by atoms with E-state index < -0.39 is 48.0 Å². The first kappa shape index (κ1) is 33.9. The molecule has 0 aliphatic heterocycles. The van der Waals surface area contributed by atoms with Crippen molar-refractivity contribution in [3.63, 3.8) is 0 Å². The number of benzene rings is 1. The van der Waals surface area contributed by atoms with Crippen molar-refractivity contribution in [3.05, 3.63) is 23.8 Å². The maximum absolute atomic E-state index is 12.4. The van der Waals surface area contributed by atoms with Gasteiger partial charge in [-0.25, -0.2) is 4.79 Å². The van der Waals surface area contributed by atoms with Gasteiger partial charge in [0.1, 0.15) is 12.1 Å². The van der Waals surface area contributed by atoms with E-state index in [0.29, 0.717) is 30.7 Å². The zero-order valence-corrected chi connectivity index (χ0v) is 24.1. The molecule has 0 bridgehead atoms. The number of rotatable bonds is 17. The molecular formula is C29H45NO9. The van der Waals surface area contributed by atoms with Crippen LogP contribution in [0.3, 0.4) is 0 Å². The van der Waals surface area contributed by atoms with E-state index in [0.717, 1.165) is 12.8 Å². The van der Waals surface area contributed by atoms with E-state index in [4.69, 9.17) is 24.7 Å². The highest BCUT2D eigenvalue weighted by Crippen LogP contribution is 2.37. The molecule has 0 radical (unpaired) electrons. The van der Waals surface area contributed by atoms with Crippen LogP contribution in [-0.2, 0) is 23.9 Å². The summed E-state index contributed by atoms with van der Waals surface area (Å²) in [6, 6.07) is 3.12. The minimum absolute atomic E-state index is 0.00472. The molecule has 0 saturated carbocycles. The Morgan fingerprint density at radius 2 is 1.46 bits per heavy atom. The molecule has 0 saturated heterocycles. The number of carbonyl (C=O) groups excluding carboxylic acids is 3. The lowest BCUT2D eigenvalue weighted by molar-refractivity contribution is -0.140. The minimum atomic E-state index is -1.37. The molecule has 0 amide bonds. The number of carbonyl (C=O) groups is 4. The van der Waals surface area contributed by atoms with Crippen LogP contribution in [0.25, 0.3) is 0 Å². The lowest BCUT2D eigenvalue weighted by atomic mass is 9.79. The second kappa shape index (κ2) is 17.4. The fourth-order valence-electron chi connectivity index (χ4n) is 3.84. The lowest BCUT2D eigenvalue weighted by Crippen LogP contribution is -2.42. The Balaban J connectivity index is 3.30. The Kier molecular flexibility index (Phi) is 15.2. The van der Waals surface area contributed by atoms with Gasteiger partial charge < -0.3 is 29.8 Å². The molecule has 0 spiro atoms. The predicted molar refractivity (Wildman–Crippen MR) is 146 cm³/mol. The normalized spacial score (nSPS) is 14.2. The van der Waals surface area contributed by atoms with Crippen LogP contribution in [-0.4, -0.2) is 47.9 Å². The number of carboxylic acid groups (broad SMARTS) is 1. The van der Waals surface area contributed by atoms with Gasteiger partial charge >= 0.3 is 24.1 Å². The van der Waals surface area contributed by atoms with Crippen molar-refractivity contribution in [3.8, 4) is 11.5 Å². The molecule has 3 unspecified atom stereocenters. The van der Waals surface area contributed by atoms with Gasteiger partial charge in [-0.2, -0.15) is 0 Å². The second-order valence-corrected chi connectivity index (χ2v) is 10.2. The first-order valence-corrected chi connectivity index (χ1v) is 13.8. The van der Waals surface area contributed by atoms with Gasteiger partial charge in [-0.1, -0.05) is 53.5 Å². The summed E-state index contributed by atoms with van der Waals surface area (Å²) in [4.78, 5) is 48.9. The van der Waals surface area contributed by atoms with Crippen molar-refractivity contribution in [2.45, 2.75) is 105 Å². The topological polar surface area (TPSA) is 151 Å². The van der Waals surface area contributed by atoms with E-state index >= 15 is 0 Å². The summed E-state index contributed by atoms with van der Waals surface area (Å²) in [6.45, 7) is 11.5. The molecule has 0 aliphatic carbocycles. The molecule has 4 atom stereocenters. The summed E-state index contributed by atoms with van der Waals surface area (Å²) in [7, 11) is 0. The molecular weight excluding hydrogens is 506 g/mol. The monoisotopic (exact) mass is 551 g/mol. The summed E-state index contributed by atoms with van der Waals surface area (Å²) in [5.74, 6) is -3.25. The Morgan fingerprint density at radius 1 is 0.897 bits per heavy atom. The van der Waals surface area contributed by atoms with E-state index in [1.165, 1.54) is 12.1 Å². The molecule has 3 N–H and O–H groups in total. The van der Waals surface area contributed by atoms with Gasteiger partial charge in [-0.05, 0) is 49.8 Å². The number of hydrogen-bond donors (Lipinski definition) is 2. The van der Waals surface area contributed by atoms with E-state index in [1.54, 1.807) is 19.9 Å². The Hall–Kier alpha value is -3.14. The van der Waals surface area contributed by atoms with Gasteiger partial charge in [0.15, 0.2) is 11.5 Å². The van der Waals surface area contributed by atoms with Crippen LogP contribution >= 0.6 is 0 Å². The van der Waals surface area contributed by atoms with Gasteiger partial charge in [0.2, 0.25) is 0 Å². The number of esters is 2. The Labute approximate surface area is 231 Å². The molecule has 39 heavy (non-hydrogen) atoms. The molecule has 1 aromatic carbocycles. The Morgan fingerprint density at radius 3 is 1.97 bits per heavy atom. The highest BCUT2D eigenvalue weighted by Gasteiger charge is 2.36.